The molecule has 1 aromatic rings. The second-order valence-corrected chi connectivity index (χ2v) is 6.94. The van der Waals surface area contributed by atoms with Crippen molar-refractivity contribution in [1.29, 1.82) is 0 Å². The van der Waals surface area contributed by atoms with Crippen LogP contribution in [0.3, 0.4) is 0 Å². The van der Waals surface area contributed by atoms with E-state index in [1.54, 1.807) is 0 Å². The minimum atomic E-state index is 0.730. The third-order valence-electron chi connectivity index (χ3n) is 3.96. The van der Waals surface area contributed by atoms with E-state index in [0.717, 1.165) is 18.3 Å². The van der Waals surface area contributed by atoms with Gasteiger partial charge in [-0.2, -0.15) is 0 Å². The average Bonchev–Trinajstić information content (AvgIpc) is 2.72. The van der Waals surface area contributed by atoms with Gasteiger partial charge in [0.15, 0.2) is 0 Å². The molecule has 0 unspecified atom stereocenters. The van der Waals surface area contributed by atoms with Gasteiger partial charge < -0.3 is 20.4 Å². The third-order valence-corrected chi connectivity index (χ3v) is 3.96. The van der Waals surface area contributed by atoms with Gasteiger partial charge in [0.2, 0.25) is 0 Å². The van der Waals surface area contributed by atoms with Gasteiger partial charge in [0.25, 0.3) is 0 Å². The van der Waals surface area contributed by atoms with E-state index in [0.29, 0.717) is 0 Å². The molecule has 0 amide bonds. The predicted octanol–water partition coefficient (Wildman–Crippen LogP) is 3.80. The van der Waals surface area contributed by atoms with Gasteiger partial charge in [-0.15, -0.1) is 0 Å². The first-order valence-electron chi connectivity index (χ1n) is 10.7. The molecule has 0 aromatic heterocycles. The molecule has 0 aliphatic carbocycles. The highest BCUT2D eigenvalue weighted by Crippen LogP contribution is 2.03. The van der Waals surface area contributed by atoms with E-state index in [-0.39, 0.29) is 0 Å². The zero-order chi connectivity index (χ0) is 22.4. The molecule has 1 aliphatic heterocycles. The SMILES string of the molecule is CC.CC(C)N1CCN(C)CC1.CCN(C)C.CNC.CNc1ccccc1. The molecular weight excluding hydrogens is 346 g/mol. The summed E-state index contributed by atoms with van der Waals surface area (Å²) in [5.41, 5.74) is 1.16. The Morgan fingerprint density at radius 1 is 0.929 bits per heavy atom. The van der Waals surface area contributed by atoms with Gasteiger partial charge in [-0.05, 0) is 67.8 Å². The van der Waals surface area contributed by atoms with Crippen LogP contribution in [-0.2, 0) is 0 Å². The van der Waals surface area contributed by atoms with Crippen LogP contribution in [0, 0.1) is 0 Å². The van der Waals surface area contributed by atoms with Crippen LogP contribution in [-0.4, -0.2) is 95.8 Å². The molecule has 1 aromatic carbocycles. The van der Waals surface area contributed by atoms with E-state index in [2.05, 4.69) is 67.2 Å². The molecule has 2 N–H and O–H groups in total. The monoisotopic (exact) mass is 397 g/mol. The zero-order valence-corrected chi connectivity index (χ0v) is 20.8. The minimum Gasteiger partial charge on any atom is -0.388 e. The topological polar surface area (TPSA) is 33.8 Å². The van der Waals surface area contributed by atoms with E-state index in [4.69, 9.17) is 0 Å². The number of nitrogens with one attached hydrogen (secondary N) is 2. The molecule has 5 heteroatoms. The lowest BCUT2D eigenvalue weighted by Gasteiger charge is -2.34. The minimum absolute atomic E-state index is 0.730. The largest absolute Gasteiger partial charge is 0.388 e. The Balaban J connectivity index is -0.000000312. The van der Waals surface area contributed by atoms with Gasteiger partial charge in [-0.25, -0.2) is 0 Å². The Bertz CT molecular complexity index is 374. The predicted molar refractivity (Wildman–Crippen MR) is 131 cm³/mol. The molecule has 1 saturated heterocycles. The first kappa shape index (κ1) is 31.6. The van der Waals surface area contributed by atoms with Gasteiger partial charge in [-0.3, -0.25) is 4.90 Å². The van der Waals surface area contributed by atoms with Crippen LogP contribution in [0.1, 0.15) is 34.6 Å². The average molecular weight is 398 g/mol. The first-order chi connectivity index (χ1) is 13.3. The molecule has 1 heterocycles. The summed E-state index contributed by atoms with van der Waals surface area (Å²) in [5.74, 6) is 0. The number of hydrogen-bond donors (Lipinski definition) is 2. The van der Waals surface area contributed by atoms with Crippen molar-refractivity contribution in [3.05, 3.63) is 30.3 Å². The fourth-order valence-corrected chi connectivity index (χ4v) is 1.94. The van der Waals surface area contributed by atoms with Crippen molar-refractivity contribution in [2.75, 3.05) is 80.3 Å². The molecular formula is C23H51N5. The molecule has 0 spiro atoms. The Labute approximate surface area is 177 Å². The summed E-state index contributed by atoms with van der Waals surface area (Å²) in [6, 6.07) is 10.8. The van der Waals surface area contributed by atoms with E-state index >= 15 is 0 Å². The number of benzene rings is 1. The van der Waals surface area contributed by atoms with Gasteiger partial charge in [0.05, 0.1) is 0 Å². The Morgan fingerprint density at radius 3 is 1.57 bits per heavy atom. The summed E-state index contributed by atoms with van der Waals surface area (Å²) in [6.07, 6.45) is 0. The van der Waals surface area contributed by atoms with Crippen LogP contribution in [0.5, 0.6) is 0 Å². The molecule has 168 valence electrons. The first-order valence-corrected chi connectivity index (χ1v) is 10.7. The van der Waals surface area contributed by atoms with Crippen molar-refractivity contribution in [1.82, 2.24) is 20.0 Å². The molecule has 5 nitrogen and oxygen atoms in total. The summed E-state index contributed by atoms with van der Waals surface area (Å²) in [4.78, 5) is 7.04. The van der Waals surface area contributed by atoms with Crippen molar-refractivity contribution >= 4 is 5.69 Å². The van der Waals surface area contributed by atoms with Crippen LogP contribution >= 0.6 is 0 Å². The van der Waals surface area contributed by atoms with Crippen molar-refractivity contribution in [3.63, 3.8) is 0 Å². The Kier molecular flexibility index (Phi) is 26.9. The maximum Gasteiger partial charge on any atom is 0.0337 e. The maximum atomic E-state index is 3.03. The molecule has 1 aliphatic rings. The highest BCUT2D eigenvalue weighted by Gasteiger charge is 2.15. The smallest absolute Gasteiger partial charge is 0.0337 e. The number of piperazine rings is 1. The van der Waals surface area contributed by atoms with Crippen LogP contribution in [0.2, 0.25) is 0 Å². The van der Waals surface area contributed by atoms with E-state index in [1.165, 1.54) is 26.2 Å². The van der Waals surface area contributed by atoms with E-state index in [9.17, 15) is 0 Å². The van der Waals surface area contributed by atoms with Crippen molar-refractivity contribution in [3.8, 4) is 0 Å². The van der Waals surface area contributed by atoms with Crippen LogP contribution < -0.4 is 10.6 Å². The van der Waals surface area contributed by atoms with Gasteiger partial charge in [0, 0.05) is 45.0 Å². The van der Waals surface area contributed by atoms with Crippen LogP contribution in [0.4, 0.5) is 5.69 Å². The lowest BCUT2D eigenvalue weighted by atomic mass is 10.2. The summed E-state index contributed by atoms with van der Waals surface area (Å²) in [5, 5.41) is 5.78. The lowest BCUT2D eigenvalue weighted by Crippen LogP contribution is -2.47. The number of para-hydroxylation sites is 1. The molecule has 0 saturated carbocycles. The Hall–Kier alpha value is -1.14. The fraction of sp³-hybridized carbons (Fsp3) is 0.739. The third kappa shape index (κ3) is 22.9. The highest BCUT2D eigenvalue weighted by molar-refractivity contribution is 5.41. The normalized spacial score (nSPS) is 13.6. The van der Waals surface area contributed by atoms with Crippen molar-refractivity contribution in [2.24, 2.45) is 0 Å². The van der Waals surface area contributed by atoms with Crippen LogP contribution in [0.25, 0.3) is 0 Å². The summed E-state index contributed by atoms with van der Waals surface area (Å²) >= 11 is 0. The highest BCUT2D eigenvalue weighted by atomic mass is 15.3. The quantitative estimate of drug-likeness (QED) is 0.811. The van der Waals surface area contributed by atoms with Crippen molar-refractivity contribution in [2.45, 2.75) is 40.7 Å². The summed E-state index contributed by atoms with van der Waals surface area (Å²) in [6.45, 7) is 16.8. The van der Waals surface area contributed by atoms with E-state index < -0.39 is 0 Å². The second kappa shape index (κ2) is 23.9. The van der Waals surface area contributed by atoms with Gasteiger partial charge >= 0.3 is 0 Å². The lowest BCUT2D eigenvalue weighted by molar-refractivity contribution is 0.126. The number of anilines is 1. The molecule has 0 radical (unpaired) electrons. The maximum absolute atomic E-state index is 3.03. The van der Waals surface area contributed by atoms with Crippen LogP contribution in [0.15, 0.2) is 30.3 Å². The molecule has 28 heavy (non-hydrogen) atoms. The second-order valence-electron chi connectivity index (χ2n) is 6.94. The standard InChI is InChI=1S/C8H18N2.C7H9N.C4H11N.C2H7N.C2H6/c1-8(2)10-6-4-9(3)5-7-10;1-8-7-5-3-2-4-6-7;1-4-5(2)3;1-3-2;1-2/h8H,4-7H2,1-3H3;2-6,8H,1H3;4H2,1-3H3;3H,1-2H3;1-2H3. The van der Waals surface area contributed by atoms with E-state index in [1.807, 2.05) is 65.3 Å². The molecule has 0 bridgehead atoms. The number of nitrogens with zero attached hydrogens (tertiary/aromatic N) is 3. The zero-order valence-electron chi connectivity index (χ0n) is 20.8. The van der Waals surface area contributed by atoms with Gasteiger partial charge in [-0.1, -0.05) is 39.0 Å². The fourth-order valence-electron chi connectivity index (χ4n) is 1.94. The van der Waals surface area contributed by atoms with Crippen molar-refractivity contribution < 1.29 is 0 Å². The number of rotatable bonds is 3. The van der Waals surface area contributed by atoms with Gasteiger partial charge in [0.1, 0.15) is 0 Å². The molecule has 1 fully saturated rings. The molecule has 2 rings (SSSR count). The summed E-state index contributed by atoms with van der Waals surface area (Å²) in [7, 11) is 12.0. The Morgan fingerprint density at radius 2 is 1.32 bits per heavy atom. The number of hydrogen-bond acceptors (Lipinski definition) is 5. The summed E-state index contributed by atoms with van der Waals surface area (Å²) < 4.78 is 0. The number of likely N-dealkylation sites (N-methyl/N-ethyl adjacent to an activating group) is 1. The molecule has 0 atom stereocenters.